The predicted molar refractivity (Wildman–Crippen MR) is 133 cm³/mol. The van der Waals surface area contributed by atoms with Crippen molar-refractivity contribution in [2.45, 2.75) is 19.4 Å². The van der Waals surface area contributed by atoms with E-state index in [-0.39, 0.29) is 6.04 Å². The van der Waals surface area contributed by atoms with E-state index < -0.39 is 0 Å². The highest BCUT2D eigenvalue weighted by Crippen LogP contribution is 2.36. The average Bonchev–Trinajstić information content (AvgIpc) is 3.26. The molecular formula is C25H25N5S. The van der Waals surface area contributed by atoms with Gasteiger partial charge < -0.3 is 5.32 Å². The molecule has 0 saturated heterocycles. The summed E-state index contributed by atoms with van der Waals surface area (Å²) in [6.07, 6.45) is 2.62. The van der Waals surface area contributed by atoms with Crippen LogP contribution in [0.15, 0.2) is 95.1 Å². The summed E-state index contributed by atoms with van der Waals surface area (Å²) >= 11 is 5.12. The molecule has 2 N–H and O–H groups in total. The molecule has 4 rings (SSSR count). The van der Waals surface area contributed by atoms with E-state index in [1.54, 1.807) is 6.21 Å². The minimum atomic E-state index is 0.162. The quantitative estimate of drug-likeness (QED) is 0.335. The van der Waals surface area contributed by atoms with Gasteiger partial charge in [0.1, 0.15) is 0 Å². The molecule has 3 aromatic carbocycles. The first kappa shape index (κ1) is 20.8. The van der Waals surface area contributed by atoms with E-state index in [0.29, 0.717) is 5.11 Å². The first-order chi connectivity index (χ1) is 15.2. The fourth-order valence-electron chi connectivity index (χ4n) is 3.57. The lowest BCUT2D eigenvalue weighted by atomic mass is 9.98. The molecule has 0 bridgehead atoms. The van der Waals surface area contributed by atoms with Gasteiger partial charge in [-0.1, -0.05) is 72.8 Å². The first-order valence-corrected chi connectivity index (χ1v) is 10.8. The second-order valence-electron chi connectivity index (χ2n) is 7.21. The molecule has 0 aromatic heterocycles. The van der Waals surface area contributed by atoms with Gasteiger partial charge in [-0.2, -0.15) is 10.2 Å². The summed E-state index contributed by atoms with van der Waals surface area (Å²) in [7, 11) is 0. The van der Waals surface area contributed by atoms with Crippen LogP contribution in [0.25, 0.3) is 0 Å². The van der Waals surface area contributed by atoms with E-state index >= 15 is 0 Å². The lowest BCUT2D eigenvalue weighted by Crippen LogP contribution is -2.31. The summed E-state index contributed by atoms with van der Waals surface area (Å²) in [5.74, 6) is 0. The maximum atomic E-state index is 5.12. The number of benzene rings is 3. The topological polar surface area (TPSA) is 52.0 Å². The van der Waals surface area contributed by atoms with E-state index in [1.165, 1.54) is 5.56 Å². The molecule has 5 nitrogen and oxygen atoms in total. The maximum Gasteiger partial charge on any atom is 0.186 e. The molecule has 0 saturated carbocycles. The summed E-state index contributed by atoms with van der Waals surface area (Å²) < 4.78 is 0. The fraction of sp³-hybridized carbons (Fsp3) is 0.160. The summed E-state index contributed by atoms with van der Waals surface area (Å²) in [6.45, 7) is 2.75. The van der Waals surface area contributed by atoms with Crippen LogP contribution in [0.1, 0.15) is 36.1 Å². The Hall–Kier alpha value is -3.51. The lowest BCUT2D eigenvalue weighted by molar-refractivity contribution is 0.709. The number of nitrogens with zero attached hydrogens (tertiary/aromatic N) is 3. The zero-order valence-corrected chi connectivity index (χ0v) is 18.2. The molecule has 6 heteroatoms. The third-order valence-electron chi connectivity index (χ3n) is 5.08. The second-order valence-corrected chi connectivity index (χ2v) is 7.62. The van der Waals surface area contributed by atoms with Gasteiger partial charge in [-0.3, -0.25) is 10.4 Å². The van der Waals surface area contributed by atoms with Gasteiger partial charge in [-0.25, -0.2) is 0 Å². The third-order valence-corrected chi connectivity index (χ3v) is 5.31. The van der Waals surface area contributed by atoms with Crippen LogP contribution < -0.4 is 15.8 Å². The van der Waals surface area contributed by atoms with Gasteiger partial charge in [-0.05, 0) is 48.0 Å². The van der Waals surface area contributed by atoms with Crippen molar-refractivity contribution in [3.63, 3.8) is 0 Å². The van der Waals surface area contributed by atoms with E-state index in [0.717, 1.165) is 35.5 Å². The Labute approximate surface area is 188 Å². The smallest absolute Gasteiger partial charge is 0.186 e. The van der Waals surface area contributed by atoms with E-state index in [4.69, 9.17) is 17.3 Å². The zero-order chi connectivity index (χ0) is 21.5. The standard InChI is InChI=1S/C25H25N5S/c1-2-26-25(31)28-27-18-19-13-15-22(16-14-19)30-24(21-11-7-4-8-12-21)17-23(29-30)20-9-5-3-6-10-20/h3-16,18,24H,2,17H2,1H3,(H2,26,28,31)/b27-18-/t24-/m1/s1. The molecule has 0 spiro atoms. The van der Waals surface area contributed by atoms with Crippen LogP contribution in [0.3, 0.4) is 0 Å². The Bertz CT molecular complexity index is 1060. The maximum absolute atomic E-state index is 5.12. The Kier molecular flexibility index (Phi) is 6.69. The van der Waals surface area contributed by atoms with Crippen molar-refractivity contribution < 1.29 is 0 Å². The van der Waals surface area contributed by atoms with Crippen LogP contribution in [0.2, 0.25) is 0 Å². The van der Waals surface area contributed by atoms with Gasteiger partial charge >= 0.3 is 0 Å². The summed E-state index contributed by atoms with van der Waals surface area (Å²) in [4.78, 5) is 0. The van der Waals surface area contributed by atoms with E-state index in [1.807, 2.05) is 31.2 Å². The van der Waals surface area contributed by atoms with E-state index in [9.17, 15) is 0 Å². The SMILES string of the molecule is CCNC(=S)N/N=C\c1ccc(N2N=C(c3ccccc3)C[C@@H]2c2ccccc2)cc1. The molecule has 0 radical (unpaired) electrons. The lowest BCUT2D eigenvalue weighted by Gasteiger charge is -2.24. The van der Waals surface area contributed by atoms with Gasteiger partial charge in [0.05, 0.1) is 23.7 Å². The van der Waals surface area contributed by atoms with Gasteiger partial charge in [0.15, 0.2) is 5.11 Å². The first-order valence-electron chi connectivity index (χ1n) is 10.4. The van der Waals surface area contributed by atoms with Crippen LogP contribution >= 0.6 is 12.2 Å². The van der Waals surface area contributed by atoms with Crippen LogP contribution in [0.4, 0.5) is 5.69 Å². The van der Waals surface area contributed by atoms with Crippen molar-refractivity contribution in [1.82, 2.24) is 10.7 Å². The Balaban J connectivity index is 1.56. The highest BCUT2D eigenvalue weighted by molar-refractivity contribution is 7.80. The normalized spacial score (nSPS) is 15.7. The van der Waals surface area contributed by atoms with Crippen molar-refractivity contribution in [3.8, 4) is 0 Å². The van der Waals surface area contributed by atoms with Crippen molar-refractivity contribution in [1.29, 1.82) is 0 Å². The van der Waals surface area contributed by atoms with Crippen LogP contribution in [-0.2, 0) is 0 Å². The monoisotopic (exact) mass is 427 g/mol. The molecule has 3 aromatic rings. The van der Waals surface area contributed by atoms with Gasteiger partial charge in [0, 0.05) is 13.0 Å². The number of thiocarbonyl (C=S) groups is 1. The van der Waals surface area contributed by atoms with Gasteiger partial charge in [0.25, 0.3) is 0 Å². The fourth-order valence-corrected chi connectivity index (χ4v) is 3.76. The number of hydrogen-bond donors (Lipinski definition) is 2. The highest BCUT2D eigenvalue weighted by atomic mass is 32.1. The van der Waals surface area contributed by atoms with Crippen molar-refractivity contribution in [2.75, 3.05) is 11.6 Å². The molecule has 1 aliphatic heterocycles. The average molecular weight is 428 g/mol. The molecule has 0 aliphatic carbocycles. The number of anilines is 1. The minimum Gasteiger partial charge on any atom is -0.362 e. The highest BCUT2D eigenvalue weighted by Gasteiger charge is 2.29. The Morgan fingerprint density at radius 1 is 1.03 bits per heavy atom. The van der Waals surface area contributed by atoms with Crippen molar-refractivity contribution >= 4 is 34.9 Å². The number of rotatable bonds is 6. The van der Waals surface area contributed by atoms with Gasteiger partial charge in [-0.15, -0.1) is 0 Å². The second kappa shape index (κ2) is 10.00. The minimum absolute atomic E-state index is 0.162. The van der Waals surface area contributed by atoms with Crippen molar-refractivity contribution in [2.24, 2.45) is 10.2 Å². The molecule has 31 heavy (non-hydrogen) atoms. The van der Waals surface area contributed by atoms with Gasteiger partial charge in [0.2, 0.25) is 0 Å². The zero-order valence-electron chi connectivity index (χ0n) is 17.4. The number of nitrogens with one attached hydrogen (secondary N) is 2. The Morgan fingerprint density at radius 2 is 1.71 bits per heavy atom. The summed E-state index contributed by atoms with van der Waals surface area (Å²) in [6, 6.07) is 29.3. The predicted octanol–water partition coefficient (Wildman–Crippen LogP) is 4.86. The largest absolute Gasteiger partial charge is 0.362 e. The number of hydrazone groups is 2. The third kappa shape index (κ3) is 5.16. The summed E-state index contributed by atoms with van der Waals surface area (Å²) in [5, 5.41) is 14.8. The van der Waals surface area contributed by atoms with Crippen molar-refractivity contribution in [3.05, 3.63) is 102 Å². The summed E-state index contributed by atoms with van der Waals surface area (Å²) in [5.41, 5.74) is 8.36. The molecule has 1 heterocycles. The molecule has 156 valence electrons. The molecular weight excluding hydrogens is 402 g/mol. The molecule has 0 unspecified atom stereocenters. The van der Waals surface area contributed by atoms with E-state index in [2.05, 4.69) is 81.5 Å². The van der Waals surface area contributed by atoms with Crippen LogP contribution in [0.5, 0.6) is 0 Å². The van der Waals surface area contributed by atoms with Crippen LogP contribution in [-0.4, -0.2) is 23.6 Å². The molecule has 0 amide bonds. The molecule has 0 fully saturated rings. The molecule has 1 aliphatic rings. The molecule has 1 atom stereocenters. The van der Waals surface area contributed by atoms with Crippen LogP contribution in [0, 0.1) is 0 Å². The number of hydrogen-bond acceptors (Lipinski definition) is 4. The Morgan fingerprint density at radius 3 is 2.39 bits per heavy atom.